The molecular weight excluding hydrogens is 214 g/mol. The number of hydrogen-bond acceptors (Lipinski definition) is 6. The van der Waals surface area contributed by atoms with E-state index in [0.29, 0.717) is 18.8 Å². The second kappa shape index (κ2) is 4.47. The number of tetrazole rings is 1. The first-order valence-electron chi connectivity index (χ1n) is 4.65. The molecule has 0 aromatic carbocycles. The maximum absolute atomic E-state index is 10.4. The van der Waals surface area contributed by atoms with Crippen molar-refractivity contribution in [2.75, 3.05) is 0 Å². The van der Waals surface area contributed by atoms with Crippen LogP contribution in [-0.4, -0.2) is 35.3 Å². The number of rotatable bonds is 5. The molecule has 0 radical (unpaired) electrons. The van der Waals surface area contributed by atoms with Crippen LogP contribution in [0, 0.1) is 10.1 Å². The topological polar surface area (TPSA) is 115 Å². The third kappa shape index (κ3) is 2.38. The molecule has 0 aliphatic heterocycles. The summed E-state index contributed by atoms with van der Waals surface area (Å²) >= 11 is 0. The van der Waals surface area contributed by atoms with Gasteiger partial charge in [0.25, 0.3) is 0 Å². The van der Waals surface area contributed by atoms with Gasteiger partial charge in [-0.15, -0.1) is 10.2 Å². The van der Waals surface area contributed by atoms with Crippen molar-refractivity contribution in [2.24, 2.45) is 0 Å². The average Bonchev–Trinajstić information content (AvgIpc) is 2.87. The molecule has 2 aromatic rings. The minimum atomic E-state index is -0.470. The monoisotopic (exact) mass is 223 g/mol. The number of nitro groups is 1. The van der Waals surface area contributed by atoms with Crippen LogP contribution in [0.2, 0.25) is 0 Å². The van der Waals surface area contributed by atoms with Gasteiger partial charge in [0, 0.05) is 13.0 Å². The standard InChI is InChI=1S/C7H9N7O2/c15-14(16)6-4-8-13(5-6)3-1-2-7-9-11-12-10-7/h4-5H,1-3H2,(H,9,10,11,12). The summed E-state index contributed by atoms with van der Waals surface area (Å²) in [5.74, 6) is 0.627. The fourth-order valence-electron chi connectivity index (χ4n) is 1.26. The molecule has 9 nitrogen and oxygen atoms in total. The van der Waals surface area contributed by atoms with E-state index in [0.717, 1.165) is 6.42 Å². The van der Waals surface area contributed by atoms with E-state index in [-0.39, 0.29) is 5.69 Å². The maximum Gasteiger partial charge on any atom is 0.306 e. The van der Waals surface area contributed by atoms with Gasteiger partial charge in [0.2, 0.25) is 0 Å². The first kappa shape index (κ1) is 10.2. The van der Waals surface area contributed by atoms with Crippen LogP contribution in [0.25, 0.3) is 0 Å². The van der Waals surface area contributed by atoms with Gasteiger partial charge in [-0.3, -0.25) is 14.8 Å². The van der Waals surface area contributed by atoms with Crippen molar-refractivity contribution in [2.45, 2.75) is 19.4 Å². The Labute approximate surface area is 89.6 Å². The predicted molar refractivity (Wildman–Crippen MR) is 51.4 cm³/mol. The van der Waals surface area contributed by atoms with Gasteiger partial charge in [-0.05, 0) is 6.42 Å². The summed E-state index contributed by atoms with van der Waals surface area (Å²) in [7, 11) is 0. The lowest BCUT2D eigenvalue weighted by atomic mass is 10.3. The van der Waals surface area contributed by atoms with Gasteiger partial charge in [0.15, 0.2) is 5.82 Å². The summed E-state index contributed by atoms with van der Waals surface area (Å²) < 4.78 is 1.53. The van der Waals surface area contributed by atoms with Crippen LogP contribution in [0.15, 0.2) is 12.4 Å². The Morgan fingerprint density at radius 2 is 2.44 bits per heavy atom. The molecule has 2 heterocycles. The van der Waals surface area contributed by atoms with Crippen LogP contribution in [0.5, 0.6) is 0 Å². The molecule has 16 heavy (non-hydrogen) atoms. The molecule has 2 rings (SSSR count). The zero-order chi connectivity index (χ0) is 11.4. The lowest BCUT2D eigenvalue weighted by Gasteiger charge is -1.97. The Hall–Kier alpha value is -2.32. The highest BCUT2D eigenvalue weighted by Crippen LogP contribution is 2.08. The van der Waals surface area contributed by atoms with Crippen LogP contribution in [-0.2, 0) is 13.0 Å². The molecule has 0 amide bonds. The minimum absolute atomic E-state index is 0.000406. The number of aromatic nitrogens is 6. The van der Waals surface area contributed by atoms with Crippen molar-refractivity contribution >= 4 is 5.69 Å². The van der Waals surface area contributed by atoms with E-state index in [4.69, 9.17) is 0 Å². The summed E-state index contributed by atoms with van der Waals surface area (Å²) in [6.07, 6.45) is 4.03. The van der Waals surface area contributed by atoms with Crippen LogP contribution >= 0.6 is 0 Å². The van der Waals surface area contributed by atoms with E-state index in [2.05, 4.69) is 25.7 Å². The Morgan fingerprint density at radius 1 is 1.56 bits per heavy atom. The largest absolute Gasteiger partial charge is 0.306 e. The van der Waals surface area contributed by atoms with Crippen molar-refractivity contribution < 1.29 is 4.92 Å². The highest BCUT2D eigenvalue weighted by Gasteiger charge is 2.08. The van der Waals surface area contributed by atoms with E-state index in [1.807, 2.05) is 0 Å². The van der Waals surface area contributed by atoms with E-state index in [9.17, 15) is 10.1 Å². The molecule has 9 heteroatoms. The Balaban J connectivity index is 1.83. The Bertz CT molecular complexity index is 463. The number of hydrogen-bond donors (Lipinski definition) is 1. The predicted octanol–water partition coefficient (Wildman–Crippen LogP) is -0.0628. The van der Waals surface area contributed by atoms with Crippen molar-refractivity contribution in [3.63, 3.8) is 0 Å². The molecule has 2 aromatic heterocycles. The fourth-order valence-corrected chi connectivity index (χ4v) is 1.26. The van der Waals surface area contributed by atoms with Gasteiger partial charge in [0.1, 0.15) is 12.4 Å². The number of aromatic amines is 1. The molecule has 0 unspecified atom stereocenters. The lowest BCUT2D eigenvalue weighted by molar-refractivity contribution is -0.385. The molecule has 0 saturated carbocycles. The van der Waals surface area contributed by atoms with Gasteiger partial charge < -0.3 is 0 Å². The number of nitrogens with one attached hydrogen (secondary N) is 1. The normalized spacial score (nSPS) is 10.5. The Kier molecular flexibility index (Phi) is 2.85. The van der Waals surface area contributed by atoms with Crippen molar-refractivity contribution in [1.82, 2.24) is 30.4 Å². The van der Waals surface area contributed by atoms with Crippen LogP contribution in [0.3, 0.4) is 0 Å². The van der Waals surface area contributed by atoms with E-state index in [1.54, 1.807) is 0 Å². The zero-order valence-electron chi connectivity index (χ0n) is 8.28. The van der Waals surface area contributed by atoms with Crippen molar-refractivity contribution in [3.05, 3.63) is 28.3 Å². The first-order valence-corrected chi connectivity index (χ1v) is 4.65. The second-order valence-corrected chi connectivity index (χ2v) is 3.15. The van der Waals surface area contributed by atoms with Crippen LogP contribution in [0.1, 0.15) is 12.2 Å². The second-order valence-electron chi connectivity index (χ2n) is 3.15. The number of nitrogens with zero attached hydrogens (tertiary/aromatic N) is 6. The Morgan fingerprint density at radius 3 is 3.06 bits per heavy atom. The van der Waals surface area contributed by atoms with Gasteiger partial charge in [-0.2, -0.15) is 10.3 Å². The molecule has 0 aliphatic rings. The van der Waals surface area contributed by atoms with Crippen LogP contribution in [0.4, 0.5) is 5.69 Å². The third-order valence-corrected chi connectivity index (χ3v) is 2.01. The summed E-state index contributed by atoms with van der Waals surface area (Å²) in [6, 6.07) is 0. The molecule has 0 saturated heterocycles. The molecule has 0 fully saturated rings. The van der Waals surface area contributed by atoms with Gasteiger partial charge in [-0.1, -0.05) is 5.21 Å². The van der Waals surface area contributed by atoms with Crippen LogP contribution < -0.4 is 0 Å². The molecular formula is C7H9N7O2. The summed E-state index contributed by atoms with van der Waals surface area (Å²) in [5, 5.41) is 27.6. The van der Waals surface area contributed by atoms with Crippen molar-refractivity contribution in [1.29, 1.82) is 0 Å². The molecule has 0 bridgehead atoms. The smallest absolute Gasteiger partial charge is 0.266 e. The highest BCUT2D eigenvalue weighted by atomic mass is 16.6. The highest BCUT2D eigenvalue weighted by molar-refractivity contribution is 5.20. The molecule has 1 N–H and O–H groups in total. The SMILES string of the molecule is O=[N+]([O-])c1cnn(CCCc2nn[nH]n2)c1. The van der Waals surface area contributed by atoms with E-state index < -0.39 is 4.92 Å². The van der Waals surface area contributed by atoms with Gasteiger partial charge in [-0.25, -0.2) is 0 Å². The van der Waals surface area contributed by atoms with E-state index >= 15 is 0 Å². The number of aryl methyl sites for hydroxylation is 2. The maximum atomic E-state index is 10.4. The average molecular weight is 223 g/mol. The van der Waals surface area contributed by atoms with Gasteiger partial charge in [0.05, 0.1) is 4.92 Å². The summed E-state index contributed by atoms with van der Waals surface area (Å²) in [5.41, 5.74) is -0.000406. The number of H-pyrrole nitrogens is 1. The minimum Gasteiger partial charge on any atom is -0.266 e. The third-order valence-electron chi connectivity index (χ3n) is 2.01. The summed E-state index contributed by atoms with van der Waals surface area (Å²) in [4.78, 5) is 9.93. The lowest BCUT2D eigenvalue weighted by Crippen LogP contribution is -2.00. The van der Waals surface area contributed by atoms with Gasteiger partial charge >= 0.3 is 5.69 Å². The van der Waals surface area contributed by atoms with Crippen molar-refractivity contribution in [3.8, 4) is 0 Å². The van der Waals surface area contributed by atoms with E-state index in [1.165, 1.54) is 17.1 Å². The summed E-state index contributed by atoms with van der Waals surface area (Å²) in [6.45, 7) is 0.586. The fraction of sp³-hybridized carbons (Fsp3) is 0.429. The zero-order valence-corrected chi connectivity index (χ0v) is 8.28. The quantitative estimate of drug-likeness (QED) is 0.560. The molecule has 84 valence electrons. The molecule has 0 spiro atoms. The first-order chi connectivity index (χ1) is 7.75. The molecule has 0 aliphatic carbocycles. The molecule has 0 atom stereocenters.